The minimum Gasteiger partial charge on any atom is -0.503 e. The van der Waals surface area contributed by atoms with Crippen molar-refractivity contribution < 1.29 is 14.7 Å². The first-order valence-electron chi connectivity index (χ1n) is 7.91. The molecule has 1 aliphatic heterocycles. The number of pyridine rings is 1. The fourth-order valence-electron chi connectivity index (χ4n) is 3.02. The lowest BCUT2D eigenvalue weighted by Gasteiger charge is -2.25. The molecule has 1 atom stereocenters. The SMILES string of the molecule is O=C(C1=C(O)C(=O)N(Cc2cccnc2)C1c1cccs1)c1cccs1. The Kier molecular flexibility index (Phi) is 4.40. The maximum Gasteiger partial charge on any atom is 0.290 e. The van der Waals surface area contributed by atoms with Crippen LogP contribution in [0.1, 0.15) is 26.2 Å². The van der Waals surface area contributed by atoms with Gasteiger partial charge in [0, 0.05) is 23.8 Å². The number of carbonyl (C=O) groups is 2. The molecule has 0 saturated carbocycles. The average Bonchev–Trinajstić information content (AvgIpc) is 3.40. The number of amides is 1. The zero-order valence-corrected chi connectivity index (χ0v) is 15.2. The van der Waals surface area contributed by atoms with E-state index in [1.54, 1.807) is 36.0 Å². The Labute approximate surface area is 157 Å². The lowest BCUT2D eigenvalue weighted by molar-refractivity contribution is -0.130. The number of Topliss-reactive ketones (excluding diaryl/α,β-unsaturated/α-hetero) is 1. The highest BCUT2D eigenvalue weighted by Crippen LogP contribution is 2.41. The molecule has 1 unspecified atom stereocenters. The lowest BCUT2D eigenvalue weighted by Crippen LogP contribution is -2.30. The van der Waals surface area contributed by atoms with Gasteiger partial charge in [-0.3, -0.25) is 14.6 Å². The minimum atomic E-state index is -0.600. The van der Waals surface area contributed by atoms with E-state index in [1.807, 2.05) is 23.6 Å². The molecule has 3 aromatic heterocycles. The Morgan fingerprint density at radius 3 is 2.62 bits per heavy atom. The fourth-order valence-corrected chi connectivity index (χ4v) is 4.54. The van der Waals surface area contributed by atoms with Crippen LogP contribution in [0.3, 0.4) is 0 Å². The second kappa shape index (κ2) is 6.86. The zero-order chi connectivity index (χ0) is 18.1. The third-order valence-corrected chi connectivity index (χ3v) is 5.98. The molecular weight excluding hydrogens is 368 g/mol. The van der Waals surface area contributed by atoms with Gasteiger partial charge in [0.2, 0.25) is 5.78 Å². The Morgan fingerprint density at radius 1 is 1.15 bits per heavy atom. The molecule has 7 heteroatoms. The molecule has 0 fully saturated rings. The second-order valence-electron chi connectivity index (χ2n) is 5.78. The number of nitrogens with zero attached hydrogens (tertiary/aromatic N) is 2. The van der Waals surface area contributed by atoms with E-state index in [2.05, 4.69) is 4.98 Å². The number of ketones is 1. The van der Waals surface area contributed by atoms with Gasteiger partial charge in [-0.25, -0.2) is 0 Å². The van der Waals surface area contributed by atoms with E-state index in [4.69, 9.17) is 0 Å². The van der Waals surface area contributed by atoms with Gasteiger partial charge >= 0.3 is 0 Å². The first-order valence-corrected chi connectivity index (χ1v) is 9.67. The van der Waals surface area contributed by atoms with Crippen molar-refractivity contribution in [1.82, 2.24) is 9.88 Å². The van der Waals surface area contributed by atoms with Gasteiger partial charge in [-0.05, 0) is 34.5 Å². The highest BCUT2D eigenvalue weighted by Gasteiger charge is 2.44. The van der Waals surface area contributed by atoms with Crippen molar-refractivity contribution in [2.45, 2.75) is 12.6 Å². The molecular formula is C19H14N2O3S2. The number of hydrogen-bond acceptors (Lipinski definition) is 6. The molecule has 1 amide bonds. The van der Waals surface area contributed by atoms with E-state index < -0.39 is 17.7 Å². The number of thiophene rings is 2. The monoisotopic (exact) mass is 382 g/mol. The van der Waals surface area contributed by atoms with Gasteiger partial charge in [0.05, 0.1) is 10.5 Å². The molecule has 0 saturated heterocycles. The number of hydrogen-bond donors (Lipinski definition) is 1. The third kappa shape index (κ3) is 2.85. The van der Waals surface area contributed by atoms with Crippen LogP contribution in [0.25, 0.3) is 0 Å². The van der Waals surface area contributed by atoms with Gasteiger partial charge in [-0.2, -0.15) is 0 Å². The molecule has 0 spiro atoms. The number of rotatable bonds is 5. The molecule has 26 heavy (non-hydrogen) atoms. The summed E-state index contributed by atoms with van der Waals surface area (Å²) < 4.78 is 0. The van der Waals surface area contributed by atoms with Crippen LogP contribution in [0.5, 0.6) is 0 Å². The molecule has 1 aliphatic rings. The number of aliphatic hydroxyl groups excluding tert-OH is 1. The van der Waals surface area contributed by atoms with Crippen LogP contribution in [0.4, 0.5) is 0 Å². The molecule has 3 aromatic rings. The lowest BCUT2D eigenvalue weighted by atomic mass is 10.0. The van der Waals surface area contributed by atoms with Crippen LogP contribution in [0, 0.1) is 0 Å². The van der Waals surface area contributed by atoms with Crippen molar-refractivity contribution in [3.8, 4) is 0 Å². The molecule has 5 nitrogen and oxygen atoms in total. The normalized spacial score (nSPS) is 17.2. The highest BCUT2D eigenvalue weighted by molar-refractivity contribution is 7.12. The summed E-state index contributed by atoms with van der Waals surface area (Å²) >= 11 is 2.75. The Hall–Kier alpha value is -2.77. The smallest absolute Gasteiger partial charge is 0.290 e. The summed E-state index contributed by atoms with van der Waals surface area (Å²) in [7, 11) is 0. The summed E-state index contributed by atoms with van der Waals surface area (Å²) in [6.45, 7) is 0.264. The molecule has 4 rings (SSSR count). The van der Waals surface area contributed by atoms with E-state index in [0.717, 1.165) is 10.4 Å². The second-order valence-corrected chi connectivity index (χ2v) is 7.71. The van der Waals surface area contributed by atoms with E-state index >= 15 is 0 Å². The van der Waals surface area contributed by atoms with E-state index in [-0.39, 0.29) is 17.9 Å². The number of carbonyl (C=O) groups excluding carboxylic acids is 2. The molecule has 4 heterocycles. The molecule has 130 valence electrons. The van der Waals surface area contributed by atoms with Crippen molar-refractivity contribution in [1.29, 1.82) is 0 Å². The Morgan fingerprint density at radius 2 is 1.96 bits per heavy atom. The first kappa shape index (κ1) is 16.7. The quantitative estimate of drug-likeness (QED) is 0.678. The van der Waals surface area contributed by atoms with E-state index in [1.165, 1.54) is 27.6 Å². The largest absolute Gasteiger partial charge is 0.503 e. The van der Waals surface area contributed by atoms with E-state index in [9.17, 15) is 14.7 Å². The van der Waals surface area contributed by atoms with Gasteiger partial charge in [0.1, 0.15) is 6.04 Å². The standard InChI is InChI=1S/C19H14N2O3S2/c22-17(14-6-3-9-26-14)15-16(13-5-2-8-25-13)21(19(24)18(15)23)11-12-4-1-7-20-10-12/h1-10,16,23H,11H2. The maximum absolute atomic E-state index is 13.0. The first-order chi connectivity index (χ1) is 12.7. The Bertz CT molecular complexity index is 964. The topological polar surface area (TPSA) is 70.5 Å². The van der Waals surface area contributed by atoms with Crippen LogP contribution in [-0.4, -0.2) is 26.7 Å². The maximum atomic E-state index is 13.0. The van der Waals surface area contributed by atoms with Crippen LogP contribution in [0.2, 0.25) is 0 Å². The van der Waals surface area contributed by atoms with Crippen molar-refractivity contribution in [3.63, 3.8) is 0 Å². The van der Waals surface area contributed by atoms with Crippen LogP contribution in [-0.2, 0) is 11.3 Å². The summed E-state index contributed by atoms with van der Waals surface area (Å²) in [5.74, 6) is -1.31. The third-order valence-electron chi connectivity index (χ3n) is 4.18. The predicted molar refractivity (Wildman–Crippen MR) is 100 cm³/mol. The van der Waals surface area contributed by atoms with Crippen LogP contribution < -0.4 is 0 Å². The van der Waals surface area contributed by atoms with Gasteiger partial charge < -0.3 is 10.0 Å². The van der Waals surface area contributed by atoms with Crippen molar-refractivity contribution in [2.75, 3.05) is 0 Å². The van der Waals surface area contributed by atoms with Gasteiger partial charge in [-0.15, -0.1) is 22.7 Å². The molecule has 0 radical (unpaired) electrons. The summed E-state index contributed by atoms with van der Waals surface area (Å²) in [6, 6.07) is 10.3. The number of aliphatic hydroxyl groups is 1. The van der Waals surface area contributed by atoms with E-state index in [0.29, 0.717) is 4.88 Å². The summed E-state index contributed by atoms with van der Waals surface area (Å²) in [4.78, 5) is 32.7. The van der Waals surface area contributed by atoms with Crippen LogP contribution in [0.15, 0.2) is 70.9 Å². The Balaban J connectivity index is 1.77. The average molecular weight is 382 g/mol. The van der Waals surface area contributed by atoms with Crippen molar-refractivity contribution >= 4 is 34.4 Å². The van der Waals surface area contributed by atoms with Crippen LogP contribution >= 0.6 is 22.7 Å². The minimum absolute atomic E-state index is 0.142. The number of aromatic nitrogens is 1. The van der Waals surface area contributed by atoms with Crippen molar-refractivity contribution in [2.24, 2.45) is 0 Å². The summed E-state index contributed by atoms with van der Waals surface area (Å²) in [5, 5.41) is 14.2. The fraction of sp³-hybridized carbons (Fsp3) is 0.105. The highest BCUT2D eigenvalue weighted by atomic mass is 32.1. The molecule has 0 aromatic carbocycles. The van der Waals surface area contributed by atoms with Gasteiger partial charge in [-0.1, -0.05) is 18.2 Å². The summed E-state index contributed by atoms with van der Waals surface area (Å²) in [6.07, 6.45) is 3.34. The predicted octanol–water partition coefficient (Wildman–Crippen LogP) is 3.98. The van der Waals surface area contributed by atoms with Crippen molar-refractivity contribution in [3.05, 3.63) is 86.2 Å². The zero-order valence-electron chi connectivity index (χ0n) is 13.5. The molecule has 0 bridgehead atoms. The molecule has 1 N–H and O–H groups in total. The molecule has 0 aliphatic carbocycles. The van der Waals surface area contributed by atoms with Gasteiger partial charge in [0.15, 0.2) is 5.76 Å². The van der Waals surface area contributed by atoms with Gasteiger partial charge in [0.25, 0.3) is 5.91 Å². The summed E-state index contributed by atoms with van der Waals surface area (Å²) in [5.41, 5.74) is 0.976.